The standard InChI is InChI=1S/C30H36ClN5O5S/c1-42(39,40)35-10-7-28-25(19-35)29(33-36(28)9-2-8-34-11-13-41-14-12-34)22-5-6-26(31)24(16-22)21-4-3-20-17-27(30(37)38)32-18-23(20)15-21/h3-6,15-16,27,32H,2,7-14,17-19H2,1H3,(H,37,38). The molecule has 0 bridgehead atoms. The summed E-state index contributed by atoms with van der Waals surface area (Å²) in [7, 11) is -3.35. The molecule has 3 aliphatic rings. The van der Waals surface area contributed by atoms with Gasteiger partial charge in [-0.05, 0) is 47.7 Å². The Hall–Kier alpha value is -2.80. The van der Waals surface area contributed by atoms with Crippen molar-refractivity contribution in [2.24, 2.45) is 0 Å². The molecular formula is C30H36ClN5O5S. The Morgan fingerprint density at radius 2 is 1.88 bits per heavy atom. The van der Waals surface area contributed by atoms with Crippen LogP contribution in [0.1, 0.15) is 28.8 Å². The van der Waals surface area contributed by atoms with Crippen LogP contribution in [0, 0.1) is 0 Å². The molecule has 1 fully saturated rings. The van der Waals surface area contributed by atoms with E-state index in [1.165, 1.54) is 10.6 Å². The van der Waals surface area contributed by atoms with E-state index in [-0.39, 0.29) is 0 Å². The number of carboxylic acid groups (broad SMARTS) is 1. The van der Waals surface area contributed by atoms with Gasteiger partial charge in [-0.15, -0.1) is 0 Å². The van der Waals surface area contributed by atoms with E-state index in [4.69, 9.17) is 21.4 Å². The Kier molecular flexibility index (Phi) is 8.41. The van der Waals surface area contributed by atoms with E-state index < -0.39 is 22.0 Å². The molecule has 4 heterocycles. The molecule has 1 atom stereocenters. The molecule has 42 heavy (non-hydrogen) atoms. The van der Waals surface area contributed by atoms with E-state index in [9.17, 15) is 18.3 Å². The number of sulfonamides is 1. The molecule has 3 aromatic rings. The van der Waals surface area contributed by atoms with Gasteiger partial charge in [0.15, 0.2) is 0 Å². The van der Waals surface area contributed by atoms with Crippen molar-refractivity contribution in [3.8, 4) is 22.4 Å². The summed E-state index contributed by atoms with van der Waals surface area (Å²) in [6, 6.07) is 11.3. The van der Waals surface area contributed by atoms with E-state index in [0.29, 0.717) is 37.5 Å². The summed E-state index contributed by atoms with van der Waals surface area (Å²) in [4.78, 5) is 13.9. The summed E-state index contributed by atoms with van der Waals surface area (Å²) in [5.74, 6) is -0.848. The zero-order valence-electron chi connectivity index (χ0n) is 23.7. The fourth-order valence-electron chi connectivity index (χ4n) is 6.19. The van der Waals surface area contributed by atoms with Crippen molar-refractivity contribution in [1.29, 1.82) is 0 Å². The molecule has 0 spiro atoms. The van der Waals surface area contributed by atoms with Crippen molar-refractivity contribution in [1.82, 2.24) is 24.3 Å². The summed E-state index contributed by atoms with van der Waals surface area (Å²) in [5, 5.41) is 18.1. The fourth-order valence-corrected chi connectivity index (χ4v) is 7.20. The van der Waals surface area contributed by atoms with Gasteiger partial charge in [0.2, 0.25) is 10.0 Å². The quantitative estimate of drug-likeness (QED) is 0.398. The van der Waals surface area contributed by atoms with Crippen LogP contribution in [0.25, 0.3) is 22.4 Å². The van der Waals surface area contributed by atoms with Gasteiger partial charge >= 0.3 is 5.97 Å². The SMILES string of the molecule is CS(=O)(=O)N1CCc2c(c(-c3ccc(Cl)c(-c4ccc5c(c4)CNC(C(=O)O)C5)c3)nn2CCCN2CCOCC2)C1. The number of aromatic nitrogens is 2. The number of nitrogens with zero attached hydrogens (tertiary/aromatic N) is 4. The Labute approximate surface area is 251 Å². The molecule has 10 nitrogen and oxygen atoms in total. The van der Waals surface area contributed by atoms with Crippen LogP contribution in [0.5, 0.6) is 0 Å². The maximum Gasteiger partial charge on any atom is 0.321 e. The minimum absolute atomic E-state index is 0.292. The Morgan fingerprint density at radius 3 is 2.64 bits per heavy atom. The van der Waals surface area contributed by atoms with Crippen molar-refractivity contribution in [3.63, 3.8) is 0 Å². The number of fused-ring (bicyclic) bond motifs is 2. The number of rotatable bonds is 8. The molecule has 6 rings (SSSR count). The van der Waals surface area contributed by atoms with Crippen molar-refractivity contribution in [3.05, 3.63) is 63.8 Å². The molecule has 1 saturated heterocycles. The first kappa shape index (κ1) is 29.3. The average Bonchev–Trinajstić information content (AvgIpc) is 3.35. The first-order chi connectivity index (χ1) is 20.2. The van der Waals surface area contributed by atoms with Crippen LogP contribution in [0.4, 0.5) is 0 Å². The highest BCUT2D eigenvalue weighted by molar-refractivity contribution is 7.88. The first-order valence-electron chi connectivity index (χ1n) is 14.4. The molecule has 0 radical (unpaired) electrons. The molecular weight excluding hydrogens is 578 g/mol. The van der Waals surface area contributed by atoms with E-state index in [1.807, 2.05) is 30.3 Å². The fraction of sp³-hybridized carbons (Fsp3) is 0.467. The van der Waals surface area contributed by atoms with Crippen molar-refractivity contribution >= 4 is 27.6 Å². The van der Waals surface area contributed by atoms with Crippen LogP contribution in [-0.2, 0) is 52.0 Å². The lowest BCUT2D eigenvalue weighted by Crippen LogP contribution is -2.41. The van der Waals surface area contributed by atoms with Gasteiger partial charge in [0, 0.05) is 79.6 Å². The molecule has 3 aliphatic heterocycles. The number of ether oxygens (including phenoxy) is 1. The number of hydrogen-bond acceptors (Lipinski definition) is 7. The Bertz CT molecular complexity index is 1600. The Balaban J connectivity index is 1.32. The first-order valence-corrected chi connectivity index (χ1v) is 16.6. The predicted molar refractivity (Wildman–Crippen MR) is 161 cm³/mol. The highest BCUT2D eigenvalue weighted by Gasteiger charge is 2.30. The van der Waals surface area contributed by atoms with Crippen molar-refractivity contribution < 1.29 is 23.1 Å². The lowest BCUT2D eigenvalue weighted by Gasteiger charge is -2.27. The third kappa shape index (κ3) is 6.13. The van der Waals surface area contributed by atoms with Crippen molar-refractivity contribution in [2.75, 3.05) is 45.6 Å². The van der Waals surface area contributed by atoms with Crippen LogP contribution in [0.2, 0.25) is 5.02 Å². The average molecular weight is 614 g/mol. The van der Waals surface area contributed by atoms with Gasteiger partial charge in [-0.25, -0.2) is 8.42 Å². The topological polar surface area (TPSA) is 117 Å². The zero-order valence-corrected chi connectivity index (χ0v) is 25.3. The second-order valence-electron chi connectivity index (χ2n) is 11.3. The minimum Gasteiger partial charge on any atom is -0.480 e. The zero-order chi connectivity index (χ0) is 29.4. The van der Waals surface area contributed by atoms with Gasteiger partial charge in [-0.1, -0.05) is 29.8 Å². The smallest absolute Gasteiger partial charge is 0.321 e. The monoisotopic (exact) mass is 613 g/mol. The van der Waals surface area contributed by atoms with Crippen molar-refractivity contribution in [2.45, 2.75) is 44.9 Å². The molecule has 1 aromatic heterocycles. The van der Waals surface area contributed by atoms with Crippen LogP contribution in [0.3, 0.4) is 0 Å². The normalized spacial score (nSPS) is 19.8. The van der Waals surface area contributed by atoms with E-state index >= 15 is 0 Å². The van der Waals surface area contributed by atoms with E-state index in [2.05, 4.69) is 21.0 Å². The Morgan fingerprint density at radius 1 is 1.10 bits per heavy atom. The van der Waals surface area contributed by atoms with E-state index in [1.54, 1.807) is 0 Å². The van der Waals surface area contributed by atoms with Crippen LogP contribution in [-0.4, -0.2) is 90.2 Å². The predicted octanol–water partition coefficient (Wildman–Crippen LogP) is 3.01. The lowest BCUT2D eigenvalue weighted by atomic mass is 9.91. The van der Waals surface area contributed by atoms with Crippen LogP contribution in [0.15, 0.2) is 36.4 Å². The molecule has 224 valence electrons. The number of carboxylic acids is 1. The lowest BCUT2D eigenvalue weighted by molar-refractivity contribution is -0.139. The summed E-state index contributed by atoms with van der Waals surface area (Å²) in [6.45, 7) is 6.36. The van der Waals surface area contributed by atoms with Gasteiger partial charge in [-0.2, -0.15) is 9.40 Å². The summed E-state index contributed by atoms with van der Waals surface area (Å²) >= 11 is 6.72. The molecule has 2 aromatic carbocycles. The summed E-state index contributed by atoms with van der Waals surface area (Å²) in [5.41, 5.74) is 7.56. The molecule has 1 unspecified atom stereocenters. The number of nitrogens with one attached hydrogen (secondary N) is 1. The number of aliphatic carboxylic acids is 1. The number of carbonyl (C=O) groups is 1. The minimum atomic E-state index is -3.35. The maximum absolute atomic E-state index is 12.5. The van der Waals surface area contributed by atoms with Gasteiger partial charge < -0.3 is 15.2 Å². The van der Waals surface area contributed by atoms with Gasteiger partial charge in [0.1, 0.15) is 6.04 Å². The van der Waals surface area contributed by atoms with Crippen LogP contribution < -0.4 is 5.32 Å². The molecule has 0 aliphatic carbocycles. The number of halogens is 1. The number of aryl methyl sites for hydroxylation is 1. The number of hydrogen-bond donors (Lipinski definition) is 2. The number of morpholine rings is 1. The van der Waals surface area contributed by atoms with Crippen LogP contribution >= 0.6 is 11.6 Å². The molecule has 0 saturated carbocycles. The third-order valence-electron chi connectivity index (χ3n) is 8.53. The second kappa shape index (κ2) is 12.1. The van der Waals surface area contributed by atoms with Gasteiger partial charge in [-0.3, -0.25) is 14.4 Å². The third-order valence-corrected chi connectivity index (χ3v) is 10.1. The maximum atomic E-state index is 12.5. The van der Waals surface area contributed by atoms with Gasteiger partial charge in [0.05, 0.1) is 25.2 Å². The molecule has 12 heteroatoms. The molecule has 2 N–H and O–H groups in total. The van der Waals surface area contributed by atoms with Gasteiger partial charge in [0.25, 0.3) is 0 Å². The number of benzene rings is 2. The van der Waals surface area contributed by atoms with E-state index in [0.717, 1.165) is 90.6 Å². The highest BCUT2D eigenvalue weighted by atomic mass is 35.5. The highest BCUT2D eigenvalue weighted by Crippen LogP contribution is 2.37. The molecule has 0 amide bonds. The largest absolute Gasteiger partial charge is 0.480 e. The second-order valence-corrected chi connectivity index (χ2v) is 13.7. The summed E-state index contributed by atoms with van der Waals surface area (Å²) < 4.78 is 34.0. The summed E-state index contributed by atoms with van der Waals surface area (Å²) in [6.07, 6.45) is 3.25.